The first-order valence-electron chi connectivity index (χ1n) is 7.25. The fourth-order valence-corrected chi connectivity index (χ4v) is 4.04. The molecule has 21 heavy (non-hydrogen) atoms. The van der Waals surface area contributed by atoms with Crippen LogP contribution >= 0.6 is 11.3 Å². The molecule has 6 heteroatoms. The molecule has 4 heterocycles. The third kappa shape index (κ3) is 2.49. The van der Waals surface area contributed by atoms with Gasteiger partial charge in [-0.2, -0.15) is 0 Å². The topological polar surface area (TPSA) is 58.4 Å². The number of thiazole rings is 1. The Morgan fingerprint density at radius 3 is 2.95 bits per heavy atom. The highest BCUT2D eigenvalue weighted by Crippen LogP contribution is 2.28. The molecule has 2 fully saturated rings. The number of hydrogen-bond acceptors (Lipinski definition) is 5. The van der Waals surface area contributed by atoms with Crippen molar-refractivity contribution in [3.8, 4) is 10.6 Å². The van der Waals surface area contributed by atoms with Gasteiger partial charge in [-0.25, -0.2) is 4.98 Å². The second-order valence-corrected chi connectivity index (χ2v) is 6.67. The van der Waals surface area contributed by atoms with E-state index in [0.717, 1.165) is 42.4 Å². The van der Waals surface area contributed by atoms with Crippen LogP contribution in [0.25, 0.3) is 10.6 Å². The molecular formula is C15H17N3O2S. The molecule has 2 aromatic rings. The van der Waals surface area contributed by atoms with E-state index in [0.29, 0.717) is 18.3 Å². The molecule has 110 valence electrons. The highest BCUT2D eigenvalue weighted by molar-refractivity contribution is 7.13. The summed E-state index contributed by atoms with van der Waals surface area (Å²) in [6, 6.07) is 1.89. The first-order valence-corrected chi connectivity index (χ1v) is 8.13. The highest BCUT2D eigenvalue weighted by atomic mass is 32.1. The summed E-state index contributed by atoms with van der Waals surface area (Å²) in [5.41, 5.74) is 1.83. The maximum atomic E-state index is 12.4. The Labute approximate surface area is 127 Å². The van der Waals surface area contributed by atoms with Gasteiger partial charge in [-0.15, -0.1) is 11.3 Å². The number of furan rings is 1. The molecule has 2 saturated heterocycles. The van der Waals surface area contributed by atoms with Crippen LogP contribution in [0.2, 0.25) is 0 Å². The molecule has 5 nitrogen and oxygen atoms in total. The first-order chi connectivity index (χ1) is 10.3. The highest BCUT2D eigenvalue weighted by Gasteiger charge is 2.37. The minimum absolute atomic E-state index is 0.202. The lowest BCUT2D eigenvalue weighted by Gasteiger charge is -2.16. The minimum Gasteiger partial charge on any atom is -0.472 e. The molecule has 2 aliphatic rings. The largest absolute Gasteiger partial charge is 0.472 e. The van der Waals surface area contributed by atoms with Crippen molar-refractivity contribution in [3.63, 3.8) is 0 Å². The van der Waals surface area contributed by atoms with Crippen LogP contribution in [-0.2, 0) is 11.2 Å². The number of fused-ring (bicyclic) bond motifs is 1. The Bertz CT molecular complexity index is 625. The van der Waals surface area contributed by atoms with E-state index in [1.807, 2.05) is 16.3 Å². The fourth-order valence-electron chi connectivity index (χ4n) is 3.23. The number of aromatic nitrogens is 1. The zero-order valence-corrected chi connectivity index (χ0v) is 12.4. The van der Waals surface area contributed by atoms with Gasteiger partial charge in [0.2, 0.25) is 5.91 Å². The molecule has 0 bridgehead atoms. The van der Waals surface area contributed by atoms with Crippen molar-refractivity contribution in [3.05, 3.63) is 29.7 Å². The second-order valence-electron chi connectivity index (χ2n) is 5.81. The zero-order valence-electron chi connectivity index (χ0n) is 11.6. The predicted octanol–water partition coefficient (Wildman–Crippen LogP) is 1.62. The van der Waals surface area contributed by atoms with Crippen molar-refractivity contribution in [2.24, 2.45) is 11.8 Å². The third-order valence-electron chi connectivity index (χ3n) is 4.39. The average Bonchev–Trinajstić information content (AvgIpc) is 3.22. The van der Waals surface area contributed by atoms with E-state index in [4.69, 9.17) is 4.42 Å². The number of likely N-dealkylation sites (tertiary alicyclic amines) is 1. The Morgan fingerprint density at radius 2 is 2.24 bits per heavy atom. The first kappa shape index (κ1) is 13.0. The van der Waals surface area contributed by atoms with Gasteiger partial charge in [0, 0.05) is 37.1 Å². The van der Waals surface area contributed by atoms with Gasteiger partial charge in [0.15, 0.2) is 0 Å². The van der Waals surface area contributed by atoms with Gasteiger partial charge in [-0.3, -0.25) is 4.79 Å². The molecular weight excluding hydrogens is 286 g/mol. The lowest BCUT2D eigenvalue weighted by Crippen LogP contribution is -2.33. The summed E-state index contributed by atoms with van der Waals surface area (Å²) in [6.45, 7) is 3.90. The Hall–Kier alpha value is -1.66. The van der Waals surface area contributed by atoms with Gasteiger partial charge in [0.25, 0.3) is 0 Å². The summed E-state index contributed by atoms with van der Waals surface area (Å²) in [5.74, 6) is 1.49. The maximum Gasteiger partial charge on any atom is 0.228 e. The van der Waals surface area contributed by atoms with Crippen LogP contribution in [0.4, 0.5) is 0 Å². The zero-order chi connectivity index (χ0) is 14.2. The number of rotatable bonds is 3. The van der Waals surface area contributed by atoms with Crippen LogP contribution in [0.5, 0.6) is 0 Å². The number of nitrogens with one attached hydrogen (secondary N) is 1. The Morgan fingerprint density at radius 1 is 1.43 bits per heavy atom. The summed E-state index contributed by atoms with van der Waals surface area (Å²) in [5, 5.41) is 6.28. The number of nitrogens with zero attached hydrogens (tertiary/aromatic N) is 2. The smallest absolute Gasteiger partial charge is 0.228 e. The number of carbonyl (C=O) groups is 1. The molecule has 2 aliphatic heterocycles. The van der Waals surface area contributed by atoms with E-state index in [1.165, 1.54) is 0 Å². The normalized spacial score (nSPS) is 24.5. The molecule has 0 aromatic carbocycles. The van der Waals surface area contributed by atoms with Crippen molar-refractivity contribution < 1.29 is 9.21 Å². The van der Waals surface area contributed by atoms with Gasteiger partial charge in [-0.05, 0) is 17.9 Å². The lowest BCUT2D eigenvalue weighted by atomic mass is 10.0. The van der Waals surface area contributed by atoms with Gasteiger partial charge >= 0.3 is 0 Å². The van der Waals surface area contributed by atoms with Gasteiger partial charge in [0.05, 0.1) is 18.4 Å². The predicted molar refractivity (Wildman–Crippen MR) is 79.9 cm³/mol. The van der Waals surface area contributed by atoms with E-state index in [9.17, 15) is 4.79 Å². The molecule has 2 atom stereocenters. The summed E-state index contributed by atoms with van der Waals surface area (Å²) >= 11 is 1.56. The van der Waals surface area contributed by atoms with E-state index >= 15 is 0 Å². The third-order valence-corrected chi connectivity index (χ3v) is 5.33. The fraction of sp³-hybridized carbons (Fsp3) is 0.467. The van der Waals surface area contributed by atoms with Crippen LogP contribution in [0.1, 0.15) is 5.69 Å². The molecule has 0 unspecified atom stereocenters. The summed E-state index contributed by atoms with van der Waals surface area (Å²) in [4.78, 5) is 18.9. The summed E-state index contributed by atoms with van der Waals surface area (Å²) in [6.07, 6.45) is 3.72. The van der Waals surface area contributed by atoms with Crippen LogP contribution in [-0.4, -0.2) is 42.0 Å². The van der Waals surface area contributed by atoms with E-state index in [-0.39, 0.29) is 5.91 Å². The lowest BCUT2D eigenvalue weighted by molar-refractivity contribution is -0.129. The van der Waals surface area contributed by atoms with Crippen molar-refractivity contribution in [1.82, 2.24) is 15.2 Å². The van der Waals surface area contributed by atoms with Gasteiger partial charge < -0.3 is 14.6 Å². The quantitative estimate of drug-likeness (QED) is 0.936. The van der Waals surface area contributed by atoms with E-state index in [1.54, 1.807) is 23.9 Å². The molecule has 1 N–H and O–H groups in total. The maximum absolute atomic E-state index is 12.4. The monoisotopic (exact) mass is 303 g/mol. The van der Waals surface area contributed by atoms with Gasteiger partial charge in [0.1, 0.15) is 11.3 Å². The molecule has 0 saturated carbocycles. The molecule has 1 amide bonds. The van der Waals surface area contributed by atoms with Crippen LogP contribution in [0, 0.1) is 11.8 Å². The molecule has 4 rings (SSSR count). The SMILES string of the molecule is O=C(Cc1csc(-c2ccoc2)n1)N1C[C@H]2CNC[C@H]2C1. The molecule has 0 radical (unpaired) electrons. The number of hydrogen-bond donors (Lipinski definition) is 1. The van der Waals surface area contributed by atoms with E-state index in [2.05, 4.69) is 10.3 Å². The molecule has 2 aromatic heterocycles. The average molecular weight is 303 g/mol. The second kappa shape index (κ2) is 5.27. The van der Waals surface area contributed by atoms with Crippen molar-refractivity contribution in [2.45, 2.75) is 6.42 Å². The van der Waals surface area contributed by atoms with Crippen molar-refractivity contribution in [1.29, 1.82) is 0 Å². The minimum atomic E-state index is 0.202. The van der Waals surface area contributed by atoms with Gasteiger partial charge in [-0.1, -0.05) is 0 Å². The van der Waals surface area contributed by atoms with E-state index < -0.39 is 0 Å². The number of amides is 1. The van der Waals surface area contributed by atoms with Crippen LogP contribution in [0.3, 0.4) is 0 Å². The van der Waals surface area contributed by atoms with Crippen molar-refractivity contribution in [2.75, 3.05) is 26.2 Å². The Balaban J connectivity index is 1.41. The van der Waals surface area contributed by atoms with Crippen molar-refractivity contribution >= 4 is 17.2 Å². The summed E-state index contributed by atoms with van der Waals surface area (Å²) < 4.78 is 5.07. The summed E-state index contributed by atoms with van der Waals surface area (Å²) in [7, 11) is 0. The Kier molecular flexibility index (Phi) is 3.27. The standard InChI is InChI=1S/C15H17N3O2S/c19-14(18-6-11-4-16-5-12(11)7-18)3-13-9-21-15(17-13)10-1-2-20-8-10/h1-2,8-9,11-12,16H,3-7H2/t11-,12+. The molecule has 0 spiro atoms. The number of carbonyl (C=O) groups excluding carboxylic acids is 1. The molecule has 0 aliphatic carbocycles. The van der Waals surface area contributed by atoms with Crippen LogP contribution < -0.4 is 5.32 Å². The van der Waals surface area contributed by atoms with Crippen LogP contribution in [0.15, 0.2) is 28.4 Å².